The molecule has 0 aliphatic rings. The summed E-state index contributed by atoms with van der Waals surface area (Å²) in [6.07, 6.45) is -4.63. The number of nitrogens with one attached hydrogen (secondary N) is 1. The molecule has 1 N–H and O–H groups in total. The summed E-state index contributed by atoms with van der Waals surface area (Å²) >= 11 is 0. The highest BCUT2D eigenvalue weighted by molar-refractivity contribution is 7.90. The summed E-state index contributed by atoms with van der Waals surface area (Å²) in [6, 6.07) is 8.12. The third kappa shape index (κ3) is 3.91. The summed E-state index contributed by atoms with van der Waals surface area (Å²) in [7, 11) is -4.47. The molecule has 6 nitrogen and oxygen atoms in total. The summed E-state index contributed by atoms with van der Waals surface area (Å²) in [4.78, 5) is 23.8. The fourth-order valence-corrected chi connectivity index (χ4v) is 3.39. The predicted molar refractivity (Wildman–Crippen MR) is 93.3 cm³/mol. The lowest BCUT2D eigenvalue weighted by Gasteiger charge is -2.09. The van der Waals surface area contributed by atoms with Crippen molar-refractivity contribution >= 4 is 26.9 Å². The van der Waals surface area contributed by atoms with Gasteiger partial charge in [-0.05, 0) is 43.3 Å². The number of carbonyl (C=O) groups excluding carboxylic acids is 1. The maximum absolute atomic E-state index is 12.6. The number of hydrogen-bond donors (Lipinski definition) is 1. The van der Waals surface area contributed by atoms with Crippen molar-refractivity contribution in [2.24, 2.45) is 0 Å². The molecular weight excluding hydrogens is 399 g/mol. The number of carbonyl (C=O) groups is 1. The Morgan fingerprint density at radius 1 is 1.04 bits per heavy atom. The van der Waals surface area contributed by atoms with E-state index in [1.807, 2.05) is 0 Å². The first-order chi connectivity index (χ1) is 13.0. The van der Waals surface area contributed by atoms with Crippen molar-refractivity contribution in [3.8, 4) is 0 Å². The molecule has 28 heavy (non-hydrogen) atoms. The standard InChI is InChI=1S/C18H12F3NO5S/c1-10-2-7-15-13(8-10)14(23)9-16(27-15)17(24)22-28(25,26)12-5-3-11(4-6-12)18(19,20)21/h2-9H,1H3,(H,22,24). The maximum atomic E-state index is 12.6. The van der Waals surface area contributed by atoms with Crippen molar-refractivity contribution in [3.05, 3.63) is 75.6 Å². The minimum Gasteiger partial charge on any atom is -0.451 e. The van der Waals surface area contributed by atoms with E-state index in [1.165, 1.54) is 6.07 Å². The second kappa shape index (κ2) is 6.79. The molecule has 0 fully saturated rings. The van der Waals surface area contributed by atoms with Crippen LogP contribution in [0.25, 0.3) is 11.0 Å². The number of hydrogen-bond acceptors (Lipinski definition) is 5. The smallest absolute Gasteiger partial charge is 0.416 e. The fraction of sp³-hybridized carbons (Fsp3) is 0.111. The number of alkyl halides is 3. The summed E-state index contributed by atoms with van der Waals surface area (Å²) in [5.74, 6) is -1.77. The normalized spacial score (nSPS) is 12.1. The van der Waals surface area contributed by atoms with Gasteiger partial charge in [0.15, 0.2) is 11.2 Å². The molecule has 0 unspecified atom stereocenters. The Morgan fingerprint density at radius 2 is 1.68 bits per heavy atom. The number of rotatable bonds is 3. The summed E-state index contributed by atoms with van der Waals surface area (Å²) in [5, 5.41) is 0.224. The van der Waals surface area contributed by atoms with Crippen molar-refractivity contribution in [2.45, 2.75) is 18.0 Å². The number of aryl methyl sites for hydroxylation is 1. The lowest BCUT2D eigenvalue weighted by atomic mass is 10.1. The fourth-order valence-electron chi connectivity index (χ4n) is 2.44. The first kappa shape index (κ1) is 19.6. The van der Waals surface area contributed by atoms with Crippen LogP contribution < -0.4 is 10.2 Å². The Kier molecular flexibility index (Phi) is 4.76. The molecule has 0 saturated heterocycles. The highest BCUT2D eigenvalue weighted by Gasteiger charge is 2.31. The molecule has 0 spiro atoms. The van der Waals surface area contributed by atoms with E-state index in [4.69, 9.17) is 4.42 Å². The van der Waals surface area contributed by atoms with Gasteiger partial charge in [-0.25, -0.2) is 13.1 Å². The minimum absolute atomic E-state index is 0.0928. The van der Waals surface area contributed by atoms with Crippen LogP contribution >= 0.6 is 0 Å². The van der Waals surface area contributed by atoms with Crippen molar-refractivity contribution in [1.29, 1.82) is 0 Å². The van der Waals surface area contributed by atoms with Crippen LogP contribution in [0.1, 0.15) is 21.7 Å². The van der Waals surface area contributed by atoms with E-state index in [1.54, 1.807) is 23.8 Å². The van der Waals surface area contributed by atoms with Crippen molar-refractivity contribution < 1.29 is 30.8 Å². The van der Waals surface area contributed by atoms with Crippen LogP contribution in [0.5, 0.6) is 0 Å². The number of fused-ring (bicyclic) bond motifs is 1. The zero-order chi connectivity index (χ0) is 20.7. The van der Waals surface area contributed by atoms with Crippen molar-refractivity contribution in [2.75, 3.05) is 0 Å². The minimum atomic E-state index is -4.63. The van der Waals surface area contributed by atoms with Crippen LogP contribution in [0, 0.1) is 6.92 Å². The molecule has 146 valence electrons. The highest BCUT2D eigenvalue weighted by atomic mass is 32.2. The predicted octanol–water partition coefficient (Wildman–Crippen LogP) is 3.24. The van der Waals surface area contributed by atoms with Crippen molar-refractivity contribution in [3.63, 3.8) is 0 Å². The first-order valence-electron chi connectivity index (χ1n) is 7.76. The largest absolute Gasteiger partial charge is 0.451 e. The van der Waals surface area contributed by atoms with Gasteiger partial charge in [0.1, 0.15) is 5.58 Å². The lowest BCUT2D eigenvalue weighted by molar-refractivity contribution is -0.137. The molecular formula is C18H12F3NO5S. The maximum Gasteiger partial charge on any atom is 0.416 e. The van der Waals surface area contributed by atoms with E-state index in [-0.39, 0.29) is 11.0 Å². The van der Waals surface area contributed by atoms with E-state index >= 15 is 0 Å². The summed E-state index contributed by atoms with van der Waals surface area (Å²) in [6.45, 7) is 1.76. The van der Waals surface area contributed by atoms with E-state index < -0.39 is 43.8 Å². The molecule has 1 heterocycles. The van der Waals surface area contributed by atoms with Gasteiger partial charge in [-0.3, -0.25) is 9.59 Å². The lowest BCUT2D eigenvalue weighted by Crippen LogP contribution is -2.31. The van der Waals surface area contributed by atoms with Gasteiger partial charge in [0, 0.05) is 6.07 Å². The van der Waals surface area contributed by atoms with Crippen LogP contribution in [-0.4, -0.2) is 14.3 Å². The molecule has 0 bridgehead atoms. The Balaban J connectivity index is 1.90. The molecule has 10 heteroatoms. The Labute approximate surface area is 156 Å². The average Bonchev–Trinajstić information content (AvgIpc) is 2.61. The van der Waals surface area contributed by atoms with E-state index in [0.29, 0.717) is 12.1 Å². The van der Waals surface area contributed by atoms with Crippen molar-refractivity contribution in [1.82, 2.24) is 4.72 Å². The third-order valence-electron chi connectivity index (χ3n) is 3.83. The average molecular weight is 411 g/mol. The first-order valence-corrected chi connectivity index (χ1v) is 9.24. The SMILES string of the molecule is Cc1ccc2oc(C(=O)NS(=O)(=O)c3ccc(C(F)(F)F)cc3)cc(=O)c2c1. The molecule has 0 saturated carbocycles. The number of halogens is 3. The third-order valence-corrected chi connectivity index (χ3v) is 5.17. The Morgan fingerprint density at radius 3 is 2.29 bits per heavy atom. The molecule has 0 atom stereocenters. The molecule has 0 aliphatic carbocycles. The van der Waals surface area contributed by atoms with Crippen LogP contribution in [0.3, 0.4) is 0 Å². The molecule has 1 aromatic heterocycles. The summed E-state index contributed by atoms with van der Waals surface area (Å²) < 4.78 is 69.2. The van der Waals surface area contributed by atoms with Gasteiger partial charge in [-0.2, -0.15) is 13.2 Å². The summed E-state index contributed by atoms with van der Waals surface area (Å²) in [5.41, 5.74) is -0.687. The topological polar surface area (TPSA) is 93.4 Å². The molecule has 3 aromatic rings. The van der Waals surface area contributed by atoms with Crippen LogP contribution in [-0.2, 0) is 16.2 Å². The van der Waals surface area contributed by atoms with Gasteiger partial charge < -0.3 is 4.42 Å². The van der Waals surface area contributed by atoms with Gasteiger partial charge in [-0.1, -0.05) is 11.6 Å². The van der Waals surface area contributed by atoms with E-state index in [0.717, 1.165) is 23.8 Å². The van der Waals surface area contributed by atoms with Crippen LogP contribution in [0.2, 0.25) is 0 Å². The molecule has 3 rings (SSSR count). The zero-order valence-corrected chi connectivity index (χ0v) is 15.0. The van der Waals surface area contributed by atoms with Crippen LogP contribution in [0.15, 0.2) is 62.6 Å². The molecule has 1 amide bonds. The number of benzene rings is 2. The Hall–Kier alpha value is -3.14. The zero-order valence-electron chi connectivity index (χ0n) is 14.2. The number of amides is 1. The second-order valence-electron chi connectivity index (χ2n) is 5.93. The monoisotopic (exact) mass is 411 g/mol. The van der Waals surface area contributed by atoms with E-state index in [9.17, 15) is 31.2 Å². The van der Waals surface area contributed by atoms with Gasteiger partial charge in [-0.15, -0.1) is 0 Å². The Bertz CT molecular complexity index is 1230. The second-order valence-corrected chi connectivity index (χ2v) is 7.61. The molecule has 0 radical (unpaired) electrons. The highest BCUT2D eigenvalue weighted by Crippen LogP contribution is 2.29. The van der Waals surface area contributed by atoms with Crippen LogP contribution in [0.4, 0.5) is 13.2 Å². The van der Waals surface area contributed by atoms with E-state index in [2.05, 4.69) is 0 Å². The van der Waals surface area contributed by atoms with Gasteiger partial charge >= 0.3 is 12.1 Å². The molecule has 2 aromatic carbocycles. The molecule has 0 aliphatic heterocycles. The number of sulfonamides is 1. The van der Waals surface area contributed by atoms with Gasteiger partial charge in [0.05, 0.1) is 15.8 Å². The quantitative estimate of drug-likeness (QED) is 0.714. The van der Waals surface area contributed by atoms with Gasteiger partial charge in [0.2, 0.25) is 0 Å². The van der Waals surface area contributed by atoms with Gasteiger partial charge in [0.25, 0.3) is 10.0 Å².